The average Bonchev–Trinajstić information content (AvgIpc) is 3.36. The van der Waals surface area contributed by atoms with Crippen LogP contribution in [0, 0.1) is 6.92 Å². The maximum atomic E-state index is 13.3. The molecule has 0 amide bonds. The van der Waals surface area contributed by atoms with Crippen molar-refractivity contribution in [2.24, 2.45) is 0 Å². The maximum absolute atomic E-state index is 13.3. The molecule has 0 radical (unpaired) electrons. The molecule has 8 nitrogen and oxygen atoms in total. The van der Waals surface area contributed by atoms with Crippen LogP contribution in [0.25, 0.3) is 16.3 Å². The highest BCUT2D eigenvalue weighted by molar-refractivity contribution is 7.92. The molecule has 180 valence electrons. The number of rotatable bonds is 9. The van der Waals surface area contributed by atoms with Crippen molar-refractivity contribution in [2.75, 3.05) is 24.3 Å². The van der Waals surface area contributed by atoms with Crippen LogP contribution in [-0.2, 0) is 10.0 Å². The molecular weight excluding hydrogens is 484 g/mol. The lowest BCUT2D eigenvalue weighted by atomic mass is 10.2. The summed E-state index contributed by atoms with van der Waals surface area (Å²) in [6, 6.07) is 16.5. The fourth-order valence-electron chi connectivity index (χ4n) is 3.34. The molecule has 0 fully saturated rings. The predicted octanol–water partition coefficient (Wildman–Crippen LogP) is 5.41. The summed E-state index contributed by atoms with van der Waals surface area (Å²) >= 11 is 1.50. The van der Waals surface area contributed by atoms with Crippen molar-refractivity contribution in [1.29, 1.82) is 0 Å². The first-order valence-corrected chi connectivity index (χ1v) is 12.9. The van der Waals surface area contributed by atoms with Crippen molar-refractivity contribution in [1.82, 2.24) is 9.97 Å². The number of ether oxygens (including phenoxy) is 2. The van der Waals surface area contributed by atoms with Crippen molar-refractivity contribution in [3.63, 3.8) is 0 Å². The molecule has 4 aromatic rings. The zero-order valence-corrected chi connectivity index (χ0v) is 21.0. The Kier molecular flexibility index (Phi) is 7.04. The van der Waals surface area contributed by atoms with E-state index in [1.807, 2.05) is 35.7 Å². The maximum Gasteiger partial charge on any atom is 0.267 e. The van der Waals surface area contributed by atoms with E-state index in [-0.39, 0.29) is 10.8 Å². The number of benzene rings is 2. The summed E-state index contributed by atoms with van der Waals surface area (Å²) in [5, 5.41) is 5.84. The molecule has 0 saturated carbocycles. The Bertz CT molecular complexity index is 1470. The van der Waals surface area contributed by atoms with Gasteiger partial charge in [0, 0.05) is 10.9 Å². The molecule has 0 aliphatic carbocycles. The minimum atomic E-state index is -4.07. The molecule has 35 heavy (non-hydrogen) atoms. The molecule has 0 bridgehead atoms. The van der Waals surface area contributed by atoms with E-state index >= 15 is 0 Å². The van der Waals surface area contributed by atoms with Gasteiger partial charge in [0.05, 0.1) is 43.2 Å². The van der Waals surface area contributed by atoms with Gasteiger partial charge >= 0.3 is 0 Å². The third kappa shape index (κ3) is 5.28. The fourth-order valence-corrected chi connectivity index (χ4v) is 5.47. The second-order valence-corrected chi connectivity index (χ2v) is 10.0. The van der Waals surface area contributed by atoms with Crippen LogP contribution in [0.2, 0.25) is 0 Å². The lowest BCUT2D eigenvalue weighted by molar-refractivity contribution is 0.385. The van der Waals surface area contributed by atoms with Crippen LogP contribution in [0.3, 0.4) is 0 Å². The Labute approximate surface area is 208 Å². The smallest absolute Gasteiger partial charge is 0.267 e. The van der Waals surface area contributed by atoms with Gasteiger partial charge in [-0.1, -0.05) is 49.0 Å². The van der Waals surface area contributed by atoms with E-state index in [0.717, 1.165) is 10.6 Å². The Morgan fingerprint density at radius 3 is 2.54 bits per heavy atom. The third-order valence-corrected chi connectivity index (χ3v) is 7.36. The van der Waals surface area contributed by atoms with Crippen LogP contribution < -0.4 is 19.5 Å². The first kappa shape index (κ1) is 24.2. The number of pyridine rings is 1. The van der Waals surface area contributed by atoms with E-state index in [1.165, 1.54) is 37.8 Å². The SMILES string of the molecule is C=C(Nc1cnc(OC)c(S(=O)(=O)Nc2c(C)cccc2OC)c1)c1csc(-c2ccccc2)n1. The lowest BCUT2D eigenvalue weighted by Gasteiger charge is -2.16. The summed E-state index contributed by atoms with van der Waals surface area (Å²) in [5.74, 6) is 0.363. The fraction of sp³-hybridized carbons (Fsp3) is 0.120. The van der Waals surface area contributed by atoms with Gasteiger partial charge in [-0.15, -0.1) is 11.3 Å². The van der Waals surface area contributed by atoms with Gasteiger partial charge in [0.2, 0.25) is 5.88 Å². The Morgan fingerprint density at radius 1 is 1.06 bits per heavy atom. The molecule has 0 saturated heterocycles. The highest BCUT2D eigenvalue weighted by Crippen LogP contribution is 2.33. The minimum absolute atomic E-state index is 0.0405. The van der Waals surface area contributed by atoms with Gasteiger partial charge < -0.3 is 14.8 Å². The summed E-state index contributed by atoms with van der Waals surface area (Å²) in [6.45, 7) is 5.84. The molecule has 0 unspecified atom stereocenters. The molecule has 2 heterocycles. The number of hydrogen-bond donors (Lipinski definition) is 2. The van der Waals surface area contributed by atoms with Crippen LogP contribution in [0.1, 0.15) is 11.3 Å². The Balaban J connectivity index is 1.61. The Hall–Kier alpha value is -3.89. The van der Waals surface area contributed by atoms with E-state index in [0.29, 0.717) is 34.1 Å². The Morgan fingerprint density at radius 2 is 1.83 bits per heavy atom. The molecule has 2 aromatic carbocycles. The molecule has 0 aliphatic heterocycles. The first-order chi connectivity index (χ1) is 16.8. The van der Waals surface area contributed by atoms with Crippen LogP contribution in [0.5, 0.6) is 11.6 Å². The summed E-state index contributed by atoms with van der Waals surface area (Å²) in [7, 11) is -1.22. The molecule has 0 aliphatic rings. The average molecular weight is 509 g/mol. The van der Waals surface area contributed by atoms with Crippen LogP contribution in [-0.4, -0.2) is 32.6 Å². The van der Waals surface area contributed by atoms with Crippen LogP contribution in [0.4, 0.5) is 11.4 Å². The van der Waals surface area contributed by atoms with Crippen molar-refractivity contribution < 1.29 is 17.9 Å². The summed E-state index contributed by atoms with van der Waals surface area (Å²) in [4.78, 5) is 8.68. The van der Waals surface area contributed by atoms with E-state index in [9.17, 15) is 8.42 Å². The number of aromatic nitrogens is 2. The number of aryl methyl sites for hydroxylation is 1. The van der Waals surface area contributed by atoms with Crippen molar-refractivity contribution in [3.8, 4) is 22.2 Å². The van der Waals surface area contributed by atoms with Gasteiger partial charge in [0.1, 0.15) is 10.8 Å². The standard InChI is InChI=1S/C25H24N4O4S2/c1-16-9-8-12-21(32-3)23(16)29-35(30,31)22-13-19(14-26-24(22)33-4)27-17(2)20-15-34-25(28-20)18-10-6-5-7-11-18/h5-15,27,29H,2H2,1,3-4H3. The normalized spacial score (nSPS) is 11.1. The molecule has 2 N–H and O–H groups in total. The van der Waals surface area contributed by atoms with E-state index in [1.54, 1.807) is 25.1 Å². The second kappa shape index (κ2) is 10.2. The highest BCUT2D eigenvalue weighted by atomic mass is 32.2. The zero-order valence-electron chi connectivity index (χ0n) is 19.4. The number of hydrogen-bond acceptors (Lipinski definition) is 8. The third-order valence-electron chi connectivity index (χ3n) is 5.12. The summed E-state index contributed by atoms with van der Waals surface area (Å²) in [5.41, 5.74) is 3.64. The summed E-state index contributed by atoms with van der Waals surface area (Å²) < 4.78 is 39.8. The van der Waals surface area contributed by atoms with E-state index in [2.05, 4.69) is 26.6 Å². The predicted molar refractivity (Wildman–Crippen MR) is 140 cm³/mol. The molecule has 0 spiro atoms. The summed E-state index contributed by atoms with van der Waals surface area (Å²) in [6.07, 6.45) is 1.47. The second-order valence-electron chi connectivity index (χ2n) is 7.50. The molecule has 2 aromatic heterocycles. The number of sulfonamides is 1. The topological polar surface area (TPSA) is 102 Å². The molecule has 0 atom stereocenters. The quantitative estimate of drug-likeness (QED) is 0.311. The van der Waals surface area contributed by atoms with Gasteiger partial charge in [0.25, 0.3) is 10.0 Å². The largest absolute Gasteiger partial charge is 0.495 e. The monoisotopic (exact) mass is 508 g/mol. The van der Waals surface area contributed by atoms with Crippen molar-refractivity contribution in [3.05, 3.63) is 84.0 Å². The van der Waals surface area contributed by atoms with Crippen molar-refractivity contribution in [2.45, 2.75) is 11.8 Å². The van der Waals surface area contributed by atoms with Gasteiger partial charge in [-0.05, 0) is 24.6 Å². The van der Waals surface area contributed by atoms with Gasteiger partial charge in [-0.2, -0.15) is 0 Å². The number of para-hydroxylation sites is 1. The molecular formula is C25H24N4O4S2. The first-order valence-electron chi connectivity index (χ1n) is 10.5. The number of methoxy groups -OCH3 is 2. The molecule has 10 heteroatoms. The van der Waals surface area contributed by atoms with Crippen LogP contribution >= 0.6 is 11.3 Å². The number of nitrogens with zero attached hydrogens (tertiary/aromatic N) is 2. The van der Waals surface area contributed by atoms with Gasteiger partial charge in [-0.3, -0.25) is 4.72 Å². The molecule has 4 rings (SSSR count). The van der Waals surface area contributed by atoms with Gasteiger partial charge in [0.15, 0.2) is 4.90 Å². The van der Waals surface area contributed by atoms with E-state index in [4.69, 9.17) is 9.47 Å². The van der Waals surface area contributed by atoms with E-state index < -0.39 is 10.0 Å². The van der Waals surface area contributed by atoms with Crippen molar-refractivity contribution >= 4 is 38.4 Å². The number of nitrogens with one attached hydrogen (secondary N) is 2. The van der Waals surface area contributed by atoms with Crippen LogP contribution in [0.15, 0.2) is 77.6 Å². The van der Waals surface area contributed by atoms with Gasteiger partial charge in [-0.25, -0.2) is 18.4 Å². The highest BCUT2D eigenvalue weighted by Gasteiger charge is 2.24. The lowest BCUT2D eigenvalue weighted by Crippen LogP contribution is -2.16. The zero-order chi connectivity index (χ0) is 25.0. The number of anilines is 2. The minimum Gasteiger partial charge on any atom is -0.495 e. The number of thiazole rings is 1.